The van der Waals surface area contributed by atoms with Crippen molar-refractivity contribution in [2.45, 2.75) is 18.2 Å². The van der Waals surface area contributed by atoms with E-state index in [-0.39, 0.29) is 12.0 Å². The van der Waals surface area contributed by atoms with Crippen LogP contribution in [0.15, 0.2) is 23.1 Å². The van der Waals surface area contributed by atoms with Crippen LogP contribution in [0.25, 0.3) is 0 Å². The van der Waals surface area contributed by atoms with Gasteiger partial charge in [-0.2, -0.15) is 0 Å². The Morgan fingerprint density at radius 1 is 1.37 bits per heavy atom. The van der Waals surface area contributed by atoms with Crippen LogP contribution in [0.4, 0.5) is 4.79 Å². The van der Waals surface area contributed by atoms with Crippen molar-refractivity contribution in [2.75, 3.05) is 5.75 Å². The molecule has 1 aromatic rings. The molecule has 0 heterocycles. The number of carbonyl (C=O) groups excluding carboxylic acids is 2. The van der Waals surface area contributed by atoms with E-state index in [0.29, 0.717) is 11.3 Å². The van der Waals surface area contributed by atoms with E-state index in [4.69, 9.17) is 10.8 Å². The Kier molecular flexibility index (Phi) is 5.37. The summed E-state index contributed by atoms with van der Waals surface area (Å²) in [5.41, 5.74) is 5.73. The van der Waals surface area contributed by atoms with E-state index in [0.717, 1.165) is 4.90 Å². The van der Waals surface area contributed by atoms with Crippen LogP contribution in [0.3, 0.4) is 0 Å². The van der Waals surface area contributed by atoms with Crippen LogP contribution in [-0.4, -0.2) is 28.8 Å². The van der Waals surface area contributed by atoms with Crippen molar-refractivity contribution in [3.8, 4) is 0 Å². The summed E-state index contributed by atoms with van der Waals surface area (Å²) in [7, 11) is 0. The van der Waals surface area contributed by atoms with Crippen LogP contribution in [-0.2, 0) is 4.79 Å². The minimum atomic E-state index is -0.980. The lowest BCUT2D eigenvalue weighted by molar-refractivity contribution is -0.119. The number of nitrogens with two attached hydrogens (primary N) is 1. The number of amides is 3. The summed E-state index contributed by atoms with van der Waals surface area (Å²) >= 11 is 1.34. The Labute approximate surface area is 114 Å². The van der Waals surface area contributed by atoms with Gasteiger partial charge in [-0.15, -0.1) is 11.8 Å². The van der Waals surface area contributed by atoms with E-state index in [1.165, 1.54) is 11.8 Å². The fraction of sp³-hybridized carbons (Fsp3) is 0.250. The first kappa shape index (κ1) is 15.0. The van der Waals surface area contributed by atoms with Gasteiger partial charge < -0.3 is 10.8 Å². The Morgan fingerprint density at radius 2 is 2.05 bits per heavy atom. The summed E-state index contributed by atoms with van der Waals surface area (Å²) in [6.07, 6.45) is 0.129. The topological polar surface area (TPSA) is 109 Å². The number of nitrogens with one attached hydrogen (secondary N) is 1. The minimum Gasteiger partial charge on any atom is -0.478 e. The number of hydrogen-bond acceptors (Lipinski definition) is 4. The Balaban J connectivity index is 2.54. The quantitative estimate of drug-likeness (QED) is 0.706. The van der Waals surface area contributed by atoms with Crippen LogP contribution >= 0.6 is 11.8 Å². The molecule has 0 spiro atoms. The van der Waals surface area contributed by atoms with Gasteiger partial charge in [0.25, 0.3) is 0 Å². The monoisotopic (exact) mass is 282 g/mol. The molecular weight excluding hydrogens is 268 g/mol. The molecule has 6 nitrogen and oxygen atoms in total. The van der Waals surface area contributed by atoms with Crippen molar-refractivity contribution in [3.63, 3.8) is 0 Å². The van der Waals surface area contributed by atoms with Gasteiger partial charge in [0.2, 0.25) is 5.91 Å². The zero-order valence-corrected chi connectivity index (χ0v) is 11.1. The Morgan fingerprint density at radius 3 is 2.63 bits per heavy atom. The molecule has 7 heteroatoms. The lowest BCUT2D eigenvalue weighted by Gasteiger charge is -2.05. The predicted octanol–water partition coefficient (Wildman–Crippen LogP) is 1.37. The van der Waals surface area contributed by atoms with Gasteiger partial charge in [0.15, 0.2) is 0 Å². The maximum atomic E-state index is 11.2. The van der Waals surface area contributed by atoms with Gasteiger partial charge in [-0.3, -0.25) is 10.1 Å². The van der Waals surface area contributed by atoms with Gasteiger partial charge in [-0.25, -0.2) is 9.59 Å². The van der Waals surface area contributed by atoms with Gasteiger partial charge in [-0.05, 0) is 24.6 Å². The first-order valence-electron chi connectivity index (χ1n) is 5.46. The summed E-state index contributed by atoms with van der Waals surface area (Å²) in [4.78, 5) is 33.3. The first-order chi connectivity index (χ1) is 8.90. The Bertz CT molecular complexity index is 516. The minimum absolute atomic E-state index is 0.129. The number of rotatable bonds is 5. The molecule has 1 aromatic carbocycles. The molecule has 0 bridgehead atoms. The number of carbonyl (C=O) groups is 3. The normalized spacial score (nSPS) is 9.95. The molecule has 0 saturated heterocycles. The van der Waals surface area contributed by atoms with Gasteiger partial charge in [0.05, 0.1) is 5.56 Å². The highest BCUT2D eigenvalue weighted by atomic mass is 32.2. The van der Waals surface area contributed by atoms with E-state index in [9.17, 15) is 14.4 Å². The van der Waals surface area contributed by atoms with E-state index < -0.39 is 17.9 Å². The molecule has 0 saturated carbocycles. The number of urea groups is 1. The summed E-state index contributed by atoms with van der Waals surface area (Å²) in [5, 5.41) is 10.9. The summed E-state index contributed by atoms with van der Waals surface area (Å²) in [6, 6.07) is 4.20. The molecule has 0 unspecified atom stereocenters. The third kappa shape index (κ3) is 5.01. The standard InChI is InChI=1S/C12H14N2O4S/c1-7-2-3-8(6-9(7)11(16)17)19-5-4-10(15)14-12(13)18/h2-3,6H,4-5H2,1H3,(H,16,17)(H3,13,14,15,18). The highest BCUT2D eigenvalue weighted by Crippen LogP contribution is 2.22. The van der Waals surface area contributed by atoms with E-state index >= 15 is 0 Å². The molecule has 3 amide bonds. The number of hydrogen-bond donors (Lipinski definition) is 3. The smallest absolute Gasteiger partial charge is 0.335 e. The predicted molar refractivity (Wildman–Crippen MR) is 71.2 cm³/mol. The second kappa shape index (κ2) is 6.79. The maximum absolute atomic E-state index is 11.2. The van der Waals surface area contributed by atoms with Gasteiger partial charge in [-0.1, -0.05) is 6.07 Å². The molecule has 4 N–H and O–H groups in total. The van der Waals surface area contributed by atoms with Crippen molar-refractivity contribution in [1.29, 1.82) is 0 Å². The molecule has 0 aliphatic carbocycles. The van der Waals surface area contributed by atoms with Crippen LogP contribution in [0.5, 0.6) is 0 Å². The molecule has 0 fully saturated rings. The van der Waals surface area contributed by atoms with Gasteiger partial charge in [0, 0.05) is 17.1 Å². The van der Waals surface area contributed by atoms with E-state index in [2.05, 4.69) is 0 Å². The molecule has 0 aliphatic heterocycles. The average molecular weight is 282 g/mol. The number of aromatic carboxylic acids is 1. The number of aryl methyl sites for hydroxylation is 1. The fourth-order valence-electron chi connectivity index (χ4n) is 1.38. The number of benzene rings is 1. The largest absolute Gasteiger partial charge is 0.478 e. The Hall–Kier alpha value is -2.02. The number of thioether (sulfide) groups is 1. The highest BCUT2D eigenvalue weighted by molar-refractivity contribution is 7.99. The second-order valence-corrected chi connectivity index (χ2v) is 4.96. The molecule has 102 valence electrons. The lowest BCUT2D eigenvalue weighted by atomic mass is 10.1. The SMILES string of the molecule is Cc1ccc(SCCC(=O)NC(N)=O)cc1C(=O)O. The van der Waals surface area contributed by atoms with E-state index in [1.54, 1.807) is 25.1 Å². The number of carboxylic acids is 1. The fourth-order valence-corrected chi connectivity index (χ4v) is 2.27. The summed E-state index contributed by atoms with van der Waals surface area (Å²) < 4.78 is 0. The van der Waals surface area contributed by atoms with Crippen LogP contribution in [0, 0.1) is 6.92 Å². The summed E-state index contributed by atoms with van der Waals surface area (Å²) in [5.74, 6) is -1.00. The molecule has 1 rings (SSSR count). The molecular formula is C12H14N2O4S. The lowest BCUT2D eigenvalue weighted by Crippen LogP contribution is -2.35. The third-order valence-electron chi connectivity index (χ3n) is 2.30. The molecule has 0 aromatic heterocycles. The average Bonchev–Trinajstić information content (AvgIpc) is 2.30. The second-order valence-electron chi connectivity index (χ2n) is 3.79. The third-order valence-corrected chi connectivity index (χ3v) is 3.30. The van der Waals surface area contributed by atoms with Crippen molar-refractivity contribution < 1.29 is 19.5 Å². The molecule has 0 radical (unpaired) electrons. The molecule has 19 heavy (non-hydrogen) atoms. The van der Waals surface area contributed by atoms with Crippen LogP contribution < -0.4 is 11.1 Å². The van der Waals surface area contributed by atoms with Crippen LogP contribution in [0.1, 0.15) is 22.3 Å². The number of primary amides is 1. The highest BCUT2D eigenvalue weighted by Gasteiger charge is 2.09. The number of imide groups is 1. The first-order valence-corrected chi connectivity index (χ1v) is 6.44. The molecule has 0 atom stereocenters. The molecule has 0 aliphatic rings. The van der Waals surface area contributed by atoms with E-state index in [1.807, 2.05) is 5.32 Å². The van der Waals surface area contributed by atoms with Gasteiger partial charge >= 0.3 is 12.0 Å². The zero-order valence-electron chi connectivity index (χ0n) is 10.3. The summed E-state index contributed by atoms with van der Waals surface area (Å²) in [6.45, 7) is 1.72. The van der Waals surface area contributed by atoms with Crippen LogP contribution in [0.2, 0.25) is 0 Å². The maximum Gasteiger partial charge on any atom is 0.335 e. The van der Waals surface area contributed by atoms with Crippen molar-refractivity contribution in [3.05, 3.63) is 29.3 Å². The van der Waals surface area contributed by atoms with Crippen molar-refractivity contribution in [1.82, 2.24) is 5.32 Å². The number of carboxylic acid groups (broad SMARTS) is 1. The van der Waals surface area contributed by atoms with Crippen molar-refractivity contribution >= 4 is 29.7 Å². The van der Waals surface area contributed by atoms with Crippen molar-refractivity contribution in [2.24, 2.45) is 5.73 Å². The van der Waals surface area contributed by atoms with Gasteiger partial charge in [0.1, 0.15) is 0 Å². The zero-order chi connectivity index (χ0) is 14.4.